The maximum atomic E-state index is 5.62. The van der Waals surface area contributed by atoms with Crippen LogP contribution in [0.4, 0.5) is 0 Å². The number of thioether (sulfide) groups is 1. The van der Waals surface area contributed by atoms with Gasteiger partial charge in [0, 0.05) is 6.04 Å². The van der Waals surface area contributed by atoms with Gasteiger partial charge in [0.05, 0.1) is 12.3 Å². The Hall–Kier alpha value is -0.410. The van der Waals surface area contributed by atoms with Gasteiger partial charge in [-0.2, -0.15) is 11.8 Å². The first-order valence-electron chi connectivity index (χ1n) is 4.68. The van der Waals surface area contributed by atoms with E-state index in [1.165, 1.54) is 12.8 Å². The van der Waals surface area contributed by atoms with Gasteiger partial charge in [-0.1, -0.05) is 0 Å². The van der Waals surface area contributed by atoms with E-state index in [1.54, 1.807) is 11.8 Å². The molecule has 1 fully saturated rings. The Morgan fingerprint density at radius 1 is 1.46 bits per heavy atom. The van der Waals surface area contributed by atoms with E-state index in [1.807, 2.05) is 0 Å². The normalized spacial score (nSPS) is 16.4. The minimum atomic E-state index is 0.758. The highest BCUT2D eigenvalue weighted by Gasteiger charge is 2.20. The lowest BCUT2D eigenvalue weighted by Gasteiger charge is -1.98. The van der Waals surface area contributed by atoms with Gasteiger partial charge in [-0.05, 0) is 31.2 Å². The molecule has 0 unspecified atom stereocenters. The number of hydrogen-bond donors (Lipinski definition) is 1. The Labute approximate surface area is 83.1 Å². The summed E-state index contributed by atoms with van der Waals surface area (Å²) in [6.07, 6.45) is 4.75. The second-order valence-corrected chi connectivity index (χ2v) is 4.32. The van der Waals surface area contributed by atoms with Gasteiger partial charge in [0.25, 0.3) is 0 Å². The summed E-state index contributed by atoms with van der Waals surface area (Å²) in [4.78, 5) is 0. The van der Waals surface area contributed by atoms with Crippen molar-refractivity contribution in [2.45, 2.75) is 31.2 Å². The first-order valence-corrected chi connectivity index (χ1v) is 6.08. The number of nitrogens with one attached hydrogen (secondary N) is 1. The van der Waals surface area contributed by atoms with Crippen LogP contribution < -0.4 is 5.32 Å². The van der Waals surface area contributed by atoms with Crippen LogP contribution in [0.25, 0.3) is 0 Å². The molecule has 0 radical (unpaired) electrons. The summed E-state index contributed by atoms with van der Waals surface area (Å²) in [5.74, 6) is 3.12. The molecule has 1 aromatic heterocycles. The van der Waals surface area contributed by atoms with Crippen molar-refractivity contribution in [2.24, 2.45) is 0 Å². The molecule has 1 aromatic rings. The first-order chi connectivity index (χ1) is 6.38. The topological polar surface area (TPSA) is 25.2 Å². The van der Waals surface area contributed by atoms with E-state index in [0.29, 0.717) is 0 Å². The lowest BCUT2D eigenvalue weighted by atomic mass is 10.4. The SMILES string of the molecule is CSCc1ccc(CNC2CC2)o1. The third-order valence-corrected chi connectivity index (χ3v) is 2.72. The van der Waals surface area contributed by atoms with E-state index in [-0.39, 0.29) is 0 Å². The number of furan rings is 1. The molecule has 1 saturated carbocycles. The molecule has 13 heavy (non-hydrogen) atoms. The first kappa shape index (κ1) is 9.16. The van der Waals surface area contributed by atoms with Gasteiger partial charge in [-0.15, -0.1) is 0 Å². The molecule has 0 atom stereocenters. The van der Waals surface area contributed by atoms with Gasteiger partial charge in [-0.3, -0.25) is 0 Å². The zero-order chi connectivity index (χ0) is 9.10. The predicted octanol–water partition coefficient (Wildman–Crippen LogP) is 2.39. The number of hydrogen-bond acceptors (Lipinski definition) is 3. The number of rotatable bonds is 5. The fraction of sp³-hybridized carbons (Fsp3) is 0.600. The Morgan fingerprint density at radius 3 is 2.92 bits per heavy atom. The summed E-state index contributed by atoms with van der Waals surface area (Å²) in [6.45, 7) is 0.888. The molecule has 0 spiro atoms. The molecular formula is C10H15NOS. The summed E-state index contributed by atoms with van der Waals surface area (Å²) in [7, 11) is 0. The Bertz CT molecular complexity index is 268. The zero-order valence-corrected chi connectivity index (χ0v) is 8.69. The third kappa shape index (κ3) is 2.78. The van der Waals surface area contributed by atoms with Crippen molar-refractivity contribution in [1.82, 2.24) is 5.32 Å². The molecule has 0 amide bonds. The molecule has 1 aliphatic rings. The molecule has 0 bridgehead atoms. The highest BCUT2D eigenvalue weighted by Crippen LogP contribution is 2.20. The van der Waals surface area contributed by atoms with Crippen LogP contribution in [-0.4, -0.2) is 12.3 Å². The van der Waals surface area contributed by atoms with Crippen molar-refractivity contribution in [1.29, 1.82) is 0 Å². The standard InChI is InChI=1S/C10H15NOS/c1-13-7-10-5-4-9(12-10)6-11-8-2-3-8/h4-5,8,11H,2-3,6-7H2,1H3. The van der Waals surface area contributed by atoms with Crippen LogP contribution in [-0.2, 0) is 12.3 Å². The fourth-order valence-electron chi connectivity index (χ4n) is 1.27. The second-order valence-electron chi connectivity index (χ2n) is 3.46. The summed E-state index contributed by atoms with van der Waals surface area (Å²) in [5.41, 5.74) is 0. The Balaban J connectivity index is 1.81. The van der Waals surface area contributed by atoms with Crippen LogP contribution in [0, 0.1) is 0 Å². The average molecular weight is 197 g/mol. The second kappa shape index (κ2) is 4.20. The van der Waals surface area contributed by atoms with Gasteiger partial charge in [0.15, 0.2) is 0 Å². The van der Waals surface area contributed by atoms with E-state index in [2.05, 4.69) is 23.7 Å². The van der Waals surface area contributed by atoms with Gasteiger partial charge in [0.1, 0.15) is 11.5 Å². The summed E-state index contributed by atoms with van der Waals surface area (Å²) in [5, 5.41) is 3.43. The van der Waals surface area contributed by atoms with E-state index in [4.69, 9.17) is 4.42 Å². The molecule has 72 valence electrons. The molecule has 3 heteroatoms. The van der Waals surface area contributed by atoms with Crippen molar-refractivity contribution >= 4 is 11.8 Å². The maximum Gasteiger partial charge on any atom is 0.118 e. The van der Waals surface area contributed by atoms with Gasteiger partial charge < -0.3 is 9.73 Å². The van der Waals surface area contributed by atoms with Crippen molar-refractivity contribution in [3.63, 3.8) is 0 Å². The summed E-state index contributed by atoms with van der Waals surface area (Å²) >= 11 is 1.79. The minimum Gasteiger partial charge on any atom is -0.464 e. The van der Waals surface area contributed by atoms with Gasteiger partial charge in [0.2, 0.25) is 0 Å². The molecule has 1 N–H and O–H groups in total. The van der Waals surface area contributed by atoms with E-state index in [9.17, 15) is 0 Å². The lowest BCUT2D eigenvalue weighted by Crippen LogP contribution is -2.14. The van der Waals surface area contributed by atoms with Crippen LogP contribution in [0.1, 0.15) is 24.4 Å². The Morgan fingerprint density at radius 2 is 2.23 bits per heavy atom. The van der Waals surface area contributed by atoms with Crippen LogP contribution in [0.5, 0.6) is 0 Å². The quantitative estimate of drug-likeness (QED) is 0.784. The average Bonchev–Trinajstić information content (AvgIpc) is 2.85. The highest BCUT2D eigenvalue weighted by molar-refractivity contribution is 7.97. The molecule has 1 heterocycles. The lowest BCUT2D eigenvalue weighted by molar-refractivity contribution is 0.458. The predicted molar refractivity (Wildman–Crippen MR) is 55.8 cm³/mol. The van der Waals surface area contributed by atoms with Crippen molar-refractivity contribution in [3.05, 3.63) is 23.7 Å². The van der Waals surface area contributed by atoms with Gasteiger partial charge >= 0.3 is 0 Å². The molecule has 2 rings (SSSR count). The van der Waals surface area contributed by atoms with E-state index >= 15 is 0 Å². The Kier molecular flexibility index (Phi) is 2.96. The monoisotopic (exact) mass is 197 g/mol. The van der Waals surface area contributed by atoms with Crippen LogP contribution >= 0.6 is 11.8 Å². The molecule has 0 aromatic carbocycles. The highest BCUT2D eigenvalue weighted by atomic mass is 32.2. The molecule has 0 saturated heterocycles. The molecular weight excluding hydrogens is 182 g/mol. The summed E-state index contributed by atoms with van der Waals surface area (Å²) in [6, 6.07) is 4.90. The maximum absolute atomic E-state index is 5.62. The van der Waals surface area contributed by atoms with Crippen LogP contribution in [0.15, 0.2) is 16.5 Å². The van der Waals surface area contributed by atoms with Crippen LogP contribution in [0.3, 0.4) is 0 Å². The van der Waals surface area contributed by atoms with Crippen molar-refractivity contribution < 1.29 is 4.42 Å². The molecule has 0 aliphatic heterocycles. The van der Waals surface area contributed by atoms with Crippen LogP contribution in [0.2, 0.25) is 0 Å². The summed E-state index contributed by atoms with van der Waals surface area (Å²) < 4.78 is 5.62. The molecule has 1 aliphatic carbocycles. The third-order valence-electron chi connectivity index (χ3n) is 2.15. The fourth-order valence-corrected chi connectivity index (χ4v) is 1.71. The minimum absolute atomic E-state index is 0.758. The van der Waals surface area contributed by atoms with Crippen molar-refractivity contribution in [3.8, 4) is 0 Å². The van der Waals surface area contributed by atoms with E-state index in [0.717, 1.165) is 29.9 Å². The smallest absolute Gasteiger partial charge is 0.118 e. The zero-order valence-electron chi connectivity index (χ0n) is 7.88. The van der Waals surface area contributed by atoms with Gasteiger partial charge in [-0.25, -0.2) is 0 Å². The molecule has 2 nitrogen and oxygen atoms in total. The largest absolute Gasteiger partial charge is 0.464 e. The van der Waals surface area contributed by atoms with Crippen molar-refractivity contribution in [2.75, 3.05) is 6.26 Å². The van der Waals surface area contributed by atoms with E-state index < -0.39 is 0 Å².